The molecule has 0 aliphatic carbocycles. The number of ether oxygens (including phenoxy) is 1. The van der Waals surface area contributed by atoms with Gasteiger partial charge in [0.2, 0.25) is 5.78 Å². The van der Waals surface area contributed by atoms with Crippen LogP contribution in [0.5, 0.6) is 0 Å². The van der Waals surface area contributed by atoms with E-state index in [1.807, 2.05) is 71.1 Å². The molecular weight excluding hydrogens is 374 g/mol. The fraction of sp³-hybridized carbons (Fsp3) is 0.231. The predicted molar refractivity (Wildman–Crippen MR) is 119 cm³/mol. The zero-order valence-electron chi connectivity index (χ0n) is 17.5. The van der Waals surface area contributed by atoms with Crippen LogP contribution in [0.15, 0.2) is 66.7 Å². The zero-order chi connectivity index (χ0) is 21.3. The maximum absolute atomic E-state index is 13.7. The van der Waals surface area contributed by atoms with E-state index >= 15 is 0 Å². The van der Waals surface area contributed by atoms with Crippen LogP contribution in [0.2, 0.25) is 0 Å². The number of benzene rings is 2. The van der Waals surface area contributed by atoms with Crippen LogP contribution in [-0.4, -0.2) is 22.8 Å². The van der Waals surface area contributed by atoms with Gasteiger partial charge in [-0.15, -0.1) is 0 Å². The molecule has 0 fully saturated rings. The van der Waals surface area contributed by atoms with Crippen molar-refractivity contribution in [2.24, 2.45) is 5.92 Å². The van der Waals surface area contributed by atoms with Crippen LogP contribution >= 0.6 is 0 Å². The lowest BCUT2D eigenvalue weighted by atomic mass is 9.95. The van der Waals surface area contributed by atoms with Gasteiger partial charge in [-0.1, -0.05) is 68.4 Å². The summed E-state index contributed by atoms with van der Waals surface area (Å²) >= 11 is 0. The molecule has 2 aromatic heterocycles. The molecule has 4 aromatic rings. The third-order valence-electron chi connectivity index (χ3n) is 5.25. The van der Waals surface area contributed by atoms with E-state index in [9.17, 15) is 9.59 Å². The molecule has 0 unspecified atom stereocenters. The lowest BCUT2D eigenvalue weighted by Gasteiger charge is -2.11. The SMILES string of the molecule is CCOC(=O)c1c(CC(C)C)c(C(=O)c2ccccc2)n2c1ccc1ccccc12. The first kappa shape index (κ1) is 19.9. The van der Waals surface area contributed by atoms with Gasteiger partial charge in [-0.3, -0.25) is 4.79 Å². The molecule has 0 aliphatic rings. The largest absolute Gasteiger partial charge is 0.462 e. The number of nitrogens with zero attached hydrogens (tertiary/aromatic N) is 1. The minimum atomic E-state index is -0.381. The molecule has 30 heavy (non-hydrogen) atoms. The molecule has 0 atom stereocenters. The molecule has 0 N–H and O–H groups in total. The lowest BCUT2D eigenvalue weighted by molar-refractivity contribution is 0.0527. The van der Waals surface area contributed by atoms with E-state index in [1.165, 1.54) is 0 Å². The third kappa shape index (κ3) is 3.39. The van der Waals surface area contributed by atoms with Crippen molar-refractivity contribution in [1.29, 1.82) is 0 Å². The van der Waals surface area contributed by atoms with E-state index in [-0.39, 0.29) is 24.3 Å². The number of esters is 1. The van der Waals surface area contributed by atoms with Crippen molar-refractivity contribution in [3.05, 3.63) is 89.1 Å². The van der Waals surface area contributed by atoms with E-state index in [2.05, 4.69) is 13.8 Å². The number of hydrogen-bond acceptors (Lipinski definition) is 3. The van der Waals surface area contributed by atoms with Gasteiger partial charge >= 0.3 is 5.97 Å². The van der Waals surface area contributed by atoms with Gasteiger partial charge in [0.15, 0.2) is 0 Å². The van der Waals surface area contributed by atoms with Crippen LogP contribution in [0.3, 0.4) is 0 Å². The minimum absolute atomic E-state index is 0.0897. The highest BCUT2D eigenvalue weighted by molar-refractivity contribution is 6.14. The summed E-state index contributed by atoms with van der Waals surface area (Å²) in [4.78, 5) is 26.7. The van der Waals surface area contributed by atoms with Crippen molar-refractivity contribution in [1.82, 2.24) is 4.40 Å². The first-order chi connectivity index (χ1) is 14.5. The standard InChI is InChI=1S/C26H25NO3/c1-4-30-26(29)23-20(16-17(2)3)24(25(28)19-11-6-5-7-12-19)27-21-13-9-8-10-18(21)14-15-22(23)27/h5-15,17H,4,16H2,1-3H3. The van der Waals surface area contributed by atoms with Crippen molar-refractivity contribution in [3.8, 4) is 0 Å². The van der Waals surface area contributed by atoms with Crippen molar-refractivity contribution in [2.75, 3.05) is 6.61 Å². The van der Waals surface area contributed by atoms with Gasteiger partial charge in [0.25, 0.3) is 0 Å². The van der Waals surface area contributed by atoms with E-state index in [1.54, 1.807) is 6.92 Å². The second kappa shape index (κ2) is 8.15. The molecule has 4 rings (SSSR count). The summed E-state index contributed by atoms with van der Waals surface area (Å²) in [5, 5.41) is 1.01. The summed E-state index contributed by atoms with van der Waals surface area (Å²) in [7, 11) is 0. The average molecular weight is 399 g/mol. The molecule has 0 spiro atoms. The topological polar surface area (TPSA) is 47.8 Å². The summed E-state index contributed by atoms with van der Waals surface area (Å²) in [5.74, 6) is -0.203. The van der Waals surface area contributed by atoms with Crippen molar-refractivity contribution in [2.45, 2.75) is 27.2 Å². The Bertz CT molecular complexity index is 1240. The maximum Gasteiger partial charge on any atom is 0.340 e. The highest BCUT2D eigenvalue weighted by Gasteiger charge is 2.29. The molecule has 2 aromatic carbocycles. The Morgan fingerprint density at radius 3 is 2.30 bits per heavy atom. The zero-order valence-corrected chi connectivity index (χ0v) is 17.5. The second-order valence-corrected chi connectivity index (χ2v) is 7.83. The maximum atomic E-state index is 13.7. The van der Waals surface area contributed by atoms with Gasteiger partial charge in [-0.2, -0.15) is 0 Å². The fourth-order valence-corrected chi connectivity index (χ4v) is 4.05. The van der Waals surface area contributed by atoms with E-state index in [0.717, 1.165) is 16.5 Å². The first-order valence-corrected chi connectivity index (χ1v) is 10.3. The van der Waals surface area contributed by atoms with Crippen LogP contribution in [0.1, 0.15) is 52.7 Å². The molecule has 0 saturated carbocycles. The monoisotopic (exact) mass is 399 g/mol. The molecule has 4 nitrogen and oxygen atoms in total. The predicted octanol–water partition coefficient (Wildman–Crippen LogP) is 5.70. The normalized spacial score (nSPS) is 11.3. The van der Waals surface area contributed by atoms with Crippen LogP contribution in [0.4, 0.5) is 0 Å². The Hall–Kier alpha value is -3.40. The van der Waals surface area contributed by atoms with E-state index in [4.69, 9.17) is 4.74 Å². The molecule has 0 bridgehead atoms. The molecule has 0 amide bonds. The summed E-state index contributed by atoms with van der Waals surface area (Å²) in [6.07, 6.45) is 0.609. The van der Waals surface area contributed by atoms with Crippen LogP contribution in [0.25, 0.3) is 16.4 Å². The van der Waals surface area contributed by atoms with Crippen molar-refractivity contribution < 1.29 is 14.3 Å². The van der Waals surface area contributed by atoms with Crippen LogP contribution in [-0.2, 0) is 11.2 Å². The van der Waals surface area contributed by atoms with Gasteiger partial charge in [0, 0.05) is 5.56 Å². The van der Waals surface area contributed by atoms with Gasteiger partial charge in [-0.05, 0) is 42.3 Å². The number of ketones is 1. The Balaban J connectivity index is 2.14. The summed E-state index contributed by atoms with van der Waals surface area (Å²) in [6.45, 7) is 6.26. The molecule has 0 aliphatic heterocycles. The van der Waals surface area contributed by atoms with Gasteiger partial charge < -0.3 is 9.14 Å². The third-order valence-corrected chi connectivity index (χ3v) is 5.25. The molecule has 4 heteroatoms. The highest BCUT2D eigenvalue weighted by atomic mass is 16.5. The van der Waals surface area contributed by atoms with Crippen molar-refractivity contribution in [3.63, 3.8) is 0 Å². The number of rotatable bonds is 6. The lowest BCUT2D eigenvalue weighted by Crippen LogP contribution is -2.12. The molecule has 0 radical (unpaired) electrons. The molecule has 2 heterocycles. The number of carbonyl (C=O) groups is 2. The summed E-state index contributed by atoms with van der Waals surface area (Å²) in [6, 6.07) is 21.1. The van der Waals surface area contributed by atoms with Gasteiger partial charge in [0.05, 0.1) is 28.9 Å². The van der Waals surface area contributed by atoms with E-state index in [0.29, 0.717) is 28.8 Å². The Labute approximate surface area is 176 Å². The number of hydrogen-bond donors (Lipinski definition) is 0. The average Bonchev–Trinajstić information content (AvgIpc) is 3.07. The van der Waals surface area contributed by atoms with Gasteiger partial charge in [-0.25, -0.2) is 4.79 Å². The number of fused-ring (bicyclic) bond motifs is 3. The number of pyridine rings is 1. The van der Waals surface area contributed by atoms with Crippen molar-refractivity contribution >= 4 is 28.2 Å². The quantitative estimate of drug-likeness (QED) is 0.309. The number of carbonyl (C=O) groups excluding carboxylic acids is 2. The van der Waals surface area contributed by atoms with Crippen LogP contribution in [0, 0.1) is 5.92 Å². The summed E-state index contributed by atoms with van der Waals surface area (Å²) < 4.78 is 7.34. The Kier molecular flexibility index (Phi) is 5.40. The summed E-state index contributed by atoms with van der Waals surface area (Å²) in [5.41, 5.74) is 4.01. The van der Waals surface area contributed by atoms with E-state index < -0.39 is 0 Å². The number of para-hydroxylation sites is 1. The highest BCUT2D eigenvalue weighted by Crippen LogP contribution is 2.32. The van der Waals surface area contributed by atoms with Crippen LogP contribution < -0.4 is 0 Å². The smallest absolute Gasteiger partial charge is 0.340 e. The first-order valence-electron chi connectivity index (χ1n) is 10.3. The Morgan fingerprint density at radius 2 is 1.60 bits per heavy atom. The second-order valence-electron chi connectivity index (χ2n) is 7.83. The minimum Gasteiger partial charge on any atom is -0.462 e. The van der Waals surface area contributed by atoms with Gasteiger partial charge in [0.1, 0.15) is 0 Å². The Morgan fingerprint density at radius 1 is 0.900 bits per heavy atom. The molecule has 152 valence electrons. The fourth-order valence-electron chi connectivity index (χ4n) is 4.05. The molecular formula is C26H25NO3. The molecule has 0 saturated heterocycles. The number of aromatic nitrogens is 1.